The van der Waals surface area contributed by atoms with Gasteiger partial charge in [-0.15, -0.1) is 0 Å². The molecule has 0 unspecified atom stereocenters. The highest BCUT2D eigenvalue weighted by atomic mass is 32.2. The van der Waals surface area contributed by atoms with Crippen molar-refractivity contribution in [1.29, 1.82) is 0 Å². The number of rotatable bonds is 6. The zero-order valence-electron chi connectivity index (χ0n) is 17.9. The third kappa shape index (κ3) is 4.07. The van der Waals surface area contributed by atoms with E-state index in [4.69, 9.17) is 4.74 Å². The molecule has 1 aromatic heterocycles. The van der Waals surface area contributed by atoms with Crippen molar-refractivity contribution in [3.8, 4) is 5.69 Å². The molecule has 1 aliphatic rings. The number of aryl methyl sites for hydroxylation is 1. The molecule has 2 heterocycles. The first-order valence-electron chi connectivity index (χ1n) is 10.0. The van der Waals surface area contributed by atoms with E-state index in [0.717, 1.165) is 40.8 Å². The number of nitrogens with zero attached hydrogens (tertiary/aromatic N) is 2. The summed E-state index contributed by atoms with van der Waals surface area (Å²) in [6.45, 7) is 9.84. The van der Waals surface area contributed by atoms with E-state index >= 15 is 0 Å². The van der Waals surface area contributed by atoms with Gasteiger partial charge in [-0.3, -0.25) is 14.5 Å². The van der Waals surface area contributed by atoms with E-state index in [0.29, 0.717) is 17.1 Å². The number of carbonyl (C=O) groups excluding carboxylic acids is 3. The Bertz CT molecular complexity index is 1040. The first kappa shape index (κ1) is 21.9. The number of benzene rings is 1. The third-order valence-corrected chi connectivity index (χ3v) is 6.11. The van der Waals surface area contributed by atoms with Crippen LogP contribution in [0.1, 0.15) is 54.5 Å². The molecule has 3 rings (SSSR count). The second-order valence-electron chi connectivity index (χ2n) is 7.24. The Labute approximate surface area is 180 Å². The average molecular weight is 427 g/mol. The quantitative estimate of drug-likeness (QED) is 0.474. The third-order valence-electron chi connectivity index (χ3n) is 5.23. The number of esters is 1. The molecule has 0 aliphatic carbocycles. The van der Waals surface area contributed by atoms with Crippen LogP contribution in [-0.2, 0) is 9.53 Å². The molecule has 30 heavy (non-hydrogen) atoms. The second-order valence-corrected chi connectivity index (χ2v) is 8.23. The molecule has 158 valence electrons. The molecular formula is C23H26N2O4S. The van der Waals surface area contributed by atoms with Crippen molar-refractivity contribution >= 4 is 35.0 Å². The minimum Gasteiger partial charge on any atom is -0.462 e. The lowest BCUT2D eigenvalue weighted by Crippen LogP contribution is -2.36. The van der Waals surface area contributed by atoms with Crippen LogP contribution in [0.25, 0.3) is 11.8 Å². The van der Waals surface area contributed by atoms with Gasteiger partial charge in [0.2, 0.25) is 0 Å². The van der Waals surface area contributed by atoms with Crippen LogP contribution in [0.5, 0.6) is 0 Å². The first-order valence-corrected chi connectivity index (χ1v) is 10.8. The molecule has 0 saturated carbocycles. The largest absolute Gasteiger partial charge is 0.462 e. The highest BCUT2D eigenvalue weighted by Gasteiger charge is 2.37. The summed E-state index contributed by atoms with van der Waals surface area (Å²) in [5, 5.41) is -0.225. The average Bonchev–Trinajstić information content (AvgIpc) is 3.16. The normalized spacial score (nSPS) is 16.4. The molecule has 1 fully saturated rings. The van der Waals surface area contributed by atoms with Gasteiger partial charge in [0.15, 0.2) is 0 Å². The van der Waals surface area contributed by atoms with Gasteiger partial charge in [0.05, 0.1) is 17.1 Å². The van der Waals surface area contributed by atoms with Crippen LogP contribution in [-0.4, -0.2) is 39.2 Å². The second kappa shape index (κ2) is 8.92. The first-order chi connectivity index (χ1) is 14.3. The summed E-state index contributed by atoms with van der Waals surface area (Å²) >= 11 is 0.980. The van der Waals surface area contributed by atoms with Gasteiger partial charge in [-0.05, 0) is 81.8 Å². The lowest BCUT2D eigenvalue weighted by atomic mass is 10.2. The van der Waals surface area contributed by atoms with Gasteiger partial charge in [-0.25, -0.2) is 4.79 Å². The number of imide groups is 1. The van der Waals surface area contributed by atoms with Crippen molar-refractivity contribution in [2.75, 3.05) is 6.61 Å². The van der Waals surface area contributed by atoms with Gasteiger partial charge in [-0.2, -0.15) is 0 Å². The fraction of sp³-hybridized carbons (Fsp3) is 0.348. The Balaban J connectivity index is 1.97. The molecule has 7 heteroatoms. The van der Waals surface area contributed by atoms with E-state index in [2.05, 4.69) is 0 Å². The Morgan fingerprint density at radius 1 is 1.20 bits per heavy atom. The molecule has 0 radical (unpaired) electrons. The van der Waals surface area contributed by atoms with Crippen molar-refractivity contribution in [3.63, 3.8) is 0 Å². The van der Waals surface area contributed by atoms with Gasteiger partial charge in [0.25, 0.3) is 11.1 Å². The smallest absolute Gasteiger partial charge is 0.338 e. The standard InChI is InChI=1S/C23H26N2O4S/c1-6-14(3)25-21(26)20(30-23(25)28)13-18-11-15(4)24(16(18)5)19-10-8-9-17(12-19)22(27)29-7-2/h8-14H,6-7H2,1-5H3/b20-13+/t14-/m1/s1. The highest BCUT2D eigenvalue weighted by molar-refractivity contribution is 8.18. The van der Waals surface area contributed by atoms with E-state index in [1.807, 2.05) is 50.5 Å². The minimum absolute atomic E-state index is 0.124. The SMILES string of the molecule is CCOC(=O)c1cccc(-n2c(C)cc(/C=C3/SC(=O)N([C@H](C)CC)C3=O)c2C)c1. The molecule has 1 aliphatic heterocycles. The topological polar surface area (TPSA) is 68.6 Å². The molecule has 1 aromatic carbocycles. The molecule has 0 N–H and O–H groups in total. The van der Waals surface area contributed by atoms with E-state index in [9.17, 15) is 14.4 Å². The summed E-state index contributed by atoms with van der Waals surface area (Å²) in [5.74, 6) is -0.603. The lowest BCUT2D eigenvalue weighted by Gasteiger charge is -2.19. The zero-order chi connectivity index (χ0) is 22.0. The van der Waals surface area contributed by atoms with Gasteiger partial charge < -0.3 is 9.30 Å². The number of hydrogen-bond donors (Lipinski definition) is 0. The predicted molar refractivity (Wildman–Crippen MR) is 119 cm³/mol. The maximum Gasteiger partial charge on any atom is 0.338 e. The number of amides is 2. The minimum atomic E-state index is -0.360. The lowest BCUT2D eigenvalue weighted by molar-refractivity contribution is -0.124. The van der Waals surface area contributed by atoms with Crippen LogP contribution >= 0.6 is 11.8 Å². The maximum atomic E-state index is 12.7. The Morgan fingerprint density at radius 2 is 1.93 bits per heavy atom. The summed E-state index contributed by atoms with van der Waals surface area (Å²) in [5.41, 5.74) is 4.06. The molecular weight excluding hydrogens is 400 g/mol. The monoisotopic (exact) mass is 426 g/mol. The van der Waals surface area contributed by atoms with E-state index in [1.165, 1.54) is 4.90 Å². The highest BCUT2D eigenvalue weighted by Crippen LogP contribution is 2.35. The van der Waals surface area contributed by atoms with E-state index < -0.39 is 0 Å². The number of ether oxygens (including phenoxy) is 1. The van der Waals surface area contributed by atoms with Crippen LogP contribution in [0.3, 0.4) is 0 Å². The number of carbonyl (C=O) groups is 3. The Kier molecular flexibility index (Phi) is 6.51. The van der Waals surface area contributed by atoms with Crippen LogP contribution < -0.4 is 0 Å². The van der Waals surface area contributed by atoms with Crippen molar-refractivity contribution in [2.45, 2.75) is 47.1 Å². The van der Waals surface area contributed by atoms with Crippen LogP contribution in [0, 0.1) is 13.8 Å². The van der Waals surface area contributed by atoms with Crippen molar-refractivity contribution < 1.29 is 19.1 Å². The van der Waals surface area contributed by atoms with E-state index in [1.54, 1.807) is 25.1 Å². The fourth-order valence-corrected chi connectivity index (χ4v) is 4.42. The summed E-state index contributed by atoms with van der Waals surface area (Å²) in [4.78, 5) is 38.9. The number of hydrogen-bond acceptors (Lipinski definition) is 5. The zero-order valence-corrected chi connectivity index (χ0v) is 18.7. The summed E-state index contributed by atoms with van der Waals surface area (Å²) < 4.78 is 7.12. The molecule has 2 aromatic rings. The molecule has 1 saturated heterocycles. The maximum absolute atomic E-state index is 12.7. The van der Waals surface area contributed by atoms with Gasteiger partial charge in [-0.1, -0.05) is 13.0 Å². The van der Waals surface area contributed by atoms with Gasteiger partial charge in [0.1, 0.15) is 0 Å². The van der Waals surface area contributed by atoms with E-state index in [-0.39, 0.29) is 23.2 Å². The fourth-order valence-electron chi connectivity index (χ4n) is 3.50. The Hall–Kier alpha value is -2.80. The summed E-state index contributed by atoms with van der Waals surface area (Å²) in [7, 11) is 0. The van der Waals surface area contributed by atoms with Crippen molar-refractivity contribution in [1.82, 2.24) is 9.47 Å². The van der Waals surface area contributed by atoms with Gasteiger partial charge in [0, 0.05) is 23.1 Å². The summed E-state index contributed by atoms with van der Waals surface area (Å²) in [6, 6.07) is 9.10. The van der Waals surface area contributed by atoms with Crippen molar-refractivity contribution in [3.05, 3.63) is 57.8 Å². The number of aromatic nitrogens is 1. The molecule has 6 nitrogen and oxygen atoms in total. The van der Waals surface area contributed by atoms with Crippen LogP contribution in [0.2, 0.25) is 0 Å². The van der Waals surface area contributed by atoms with Gasteiger partial charge >= 0.3 is 5.97 Å². The Morgan fingerprint density at radius 3 is 2.60 bits per heavy atom. The number of thioether (sulfide) groups is 1. The van der Waals surface area contributed by atoms with Crippen LogP contribution in [0.15, 0.2) is 35.2 Å². The molecule has 0 bridgehead atoms. The van der Waals surface area contributed by atoms with Crippen LogP contribution in [0.4, 0.5) is 4.79 Å². The van der Waals surface area contributed by atoms with Crippen molar-refractivity contribution in [2.24, 2.45) is 0 Å². The molecule has 0 spiro atoms. The predicted octanol–water partition coefficient (Wildman–Crippen LogP) is 5.11. The molecule has 2 amide bonds. The molecule has 1 atom stereocenters. The summed E-state index contributed by atoms with van der Waals surface area (Å²) in [6.07, 6.45) is 2.50.